The molecule has 1 aliphatic carbocycles. The summed E-state index contributed by atoms with van der Waals surface area (Å²) < 4.78 is 20.0. The third kappa shape index (κ3) is 3.99. The first-order valence-electron chi connectivity index (χ1n) is 11.0. The van der Waals surface area contributed by atoms with Gasteiger partial charge in [-0.3, -0.25) is 19.2 Å². The molecule has 170 valence electrons. The van der Waals surface area contributed by atoms with Gasteiger partial charge in [-0.1, -0.05) is 19.3 Å². The van der Waals surface area contributed by atoms with E-state index in [0.29, 0.717) is 5.69 Å². The van der Waals surface area contributed by atoms with Gasteiger partial charge in [0, 0.05) is 17.8 Å². The number of hydrogen-bond donors (Lipinski definition) is 1. The molecule has 1 aliphatic heterocycles. The van der Waals surface area contributed by atoms with Crippen molar-refractivity contribution in [2.75, 3.05) is 11.5 Å². The van der Waals surface area contributed by atoms with E-state index in [1.54, 1.807) is 13.8 Å². The average molecular weight is 442 g/mol. The predicted octanol–water partition coefficient (Wildman–Crippen LogP) is 3.07. The van der Waals surface area contributed by atoms with Gasteiger partial charge in [-0.25, -0.2) is 9.18 Å². The molecule has 1 aromatic carbocycles. The van der Waals surface area contributed by atoms with Crippen molar-refractivity contribution in [2.24, 2.45) is 0 Å². The topological polar surface area (TPSA) is 93.5 Å². The van der Waals surface area contributed by atoms with Crippen molar-refractivity contribution in [3.05, 3.63) is 47.5 Å². The van der Waals surface area contributed by atoms with Gasteiger partial charge in [-0.2, -0.15) is 5.10 Å². The third-order valence-electron chi connectivity index (χ3n) is 6.15. The lowest BCUT2D eigenvalue weighted by Gasteiger charge is -2.44. The number of benzene rings is 1. The number of nitrogens with one attached hydrogen (secondary N) is 1. The summed E-state index contributed by atoms with van der Waals surface area (Å²) in [6, 6.07) is 6.85. The fraction of sp³-hybridized carbons (Fsp3) is 0.478. The number of aromatic nitrogens is 2. The number of ether oxygens (including phenoxy) is 1. The molecule has 1 fully saturated rings. The molecule has 2 heterocycles. The van der Waals surface area contributed by atoms with Crippen molar-refractivity contribution in [2.45, 2.75) is 64.1 Å². The maximum Gasteiger partial charge on any atom is 0.358 e. The molecule has 32 heavy (non-hydrogen) atoms. The zero-order valence-corrected chi connectivity index (χ0v) is 18.3. The van der Waals surface area contributed by atoms with E-state index in [9.17, 15) is 18.8 Å². The Hall–Kier alpha value is -3.23. The summed E-state index contributed by atoms with van der Waals surface area (Å²) in [6.07, 6.45) is 5.04. The van der Waals surface area contributed by atoms with E-state index >= 15 is 0 Å². The number of nitrogens with zero attached hydrogens (tertiary/aromatic N) is 3. The average Bonchev–Trinajstić information content (AvgIpc) is 3.20. The maximum atomic E-state index is 13.6. The molecular formula is C23H27FN4O4. The van der Waals surface area contributed by atoms with Crippen molar-refractivity contribution >= 4 is 23.5 Å². The van der Waals surface area contributed by atoms with Crippen LogP contribution in [0.25, 0.3) is 0 Å². The molecule has 0 spiro atoms. The van der Waals surface area contributed by atoms with Gasteiger partial charge in [0.05, 0.1) is 13.2 Å². The summed E-state index contributed by atoms with van der Waals surface area (Å²) >= 11 is 0. The molecule has 4 rings (SSSR count). The van der Waals surface area contributed by atoms with Crippen LogP contribution in [0.1, 0.15) is 66.9 Å². The van der Waals surface area contributed by atoms with E-state index < -0.39 is 23.2 Å². The van der Waals surface area contributed by atoms with Crippen LogP contribution in [0.3, 0.4) is 0 Å². The van der Waals surface area contributed by atoms with Crippen LogP contribution in [0, 0.1) is 5.82 Å². The number of rotatable bonds is 5. The lowest BCUT2D eigenvalue weighted by molar-refractivity contribution is -0.127. The first-order chi connectivity index (χ1) is 15.3. The van der Waals surface area contributed by atoms with Gasteiger partial charge < -0.3 is 10.1 Å². The second-order valence-electron chi connectivity index (χ2n) is 8.49. The molecule has 1 saturated carbocycles. The zero-order valence-electron chi connectivity index (χ0n) is 18.3. The van der Waals surface area contributed by atoms with Crippen LogP contribution in [-0.2, 0) is 16.1 Å². The van der Waals surface area contributed by atoms with E-state index in [4.69, 9.17) is 4.74 Å². The minimum atomic E-state index is -1.32. The molecular weight excluding hydrogens is 415 g/mol. The highest BCUT2D eigenvalue weighted by Gasteiger charge is 2.49. The lowest BCUT2D eigenvalue weighted by Crippen LogP contribution is -2.65. The van der Waals surface area contributed by atoms with Gasteiger partial charge in [0.1, 0.15) is 17.1 Å². The van der Waals surface area contributed by atoms with Crippen LogP contribution in [0.2, 0.25) is 0 Å². The fourth-order valence-corrected chi connectivity index (χ4v) is 4.47. The van der Waals surface area contributed by atoms with Gasteiger partial charge in [-0.15, -0.1) is 0 Å². The number of anilines is 1. The van der Waals surface area contributed by atoms with Crippen LogP contribution in [-0.4, -0.2) is 45.8 Å². The van der Waals surface area contributed by atoms with Crippen LogP contribution >= 0.6 is 0 Å². The first kappa shape index (κ1) is 22.0. The number of carbonyl (C=O) groups is 3. The first-order valence-corrected chi connectivity index (χ1v) is 11.0. The Bertz CT molecular complexity index is 1030. The van der Waals surface area contributed by atoms with Crippen molar-refractivity contribution in [3.63, 3.8) is 0 Å². The third-order valence-corrected chi connectivity index (χ3v) is 6.15. The van der Waals surface area contributed by atoms with Crippen LogP contribution in [0.15, 0.2) is 30.3 Å². The number of carbonyl (C=O) groups excluding carboxylic acids is 3. The van der Waals surface area contributed by atoms with E-state index in [-0.39, 0.29) is 36.5 Å². The number of halogens is 1. The second-order valence-corrected chi connectivity index (χ2v) is 8.49. The summed E-state index contributed by atoms with van der Waals surface area (Å²) in [7, 11) is 0. The normalized spacial score (nSPS) is 21.2. The molecule has 8 nitrogen and oxygen atoms in total. The van der Waals surface area contributed by atoms with Crippen LogP contribution < -0.4 is 10.2 Å². The number of fused-ring (bicyclic) bond motifs is 1. The summed E-state index contributed by atoms with van der Waals surface area (Å²) in [4.78, 5) is 40.6. The molecule has 2 aromatic rings. The van der Waals surface area contributed by atoms with E-state index in [1.807, 2.05) is 0 Å². The molecule has 2 amide bonds. The van der Waals surface area contributed by atoms with Crippen molar-refractivity contribution in [3.8, 4) is 0 Å². The zero-order chi connectivity index (χ0) is 22.9. The summed E-state index contributed by atoms with van der Waals surface area (Å²) in [5, 5.41) is 7.34. The van der Waals surface area contributed by atoms with E-state index in [0.717, 1.165) is 32.1 Å². The summed E-state index contributed by atoms with van der Waals surface area (Å²) in [5.74, 6) is -1.88. The highest BCUT2D eigenvalue weighted by atomic mass is 19.1. The van der Waals surface area contributed by atoms with Gasteiger partial charge in [0.2, 0.25) is 5.91 Å². The van der Waals surface area contributed by atoms with Crippen LogP contribution in [0.5, 0.6) is 0 Å². The molecule has 1 N–H and O–H groups in total. The van der Waals surface area contributed by atoms with Crippen molar-refractivity contribution in [1.29, 1.82) is 0 Å². The Balaban J connectivity index is 1.73. The Morgan fingerprint density at radius 3 is 2.56 bits per heavy atom. The lowest BCUT2D eigenvalue weighted by atomic mass is 9.91. The minimum absolute atomic E-state index is 0.00574. The number of esters is 1. The molecule has 9 heteroatoms. The SMILES string of the molecule is CCOC(=O)c1cc2n(n1)CC(C)(C(=O)NC1CCCCC1)N(c1ccc(F)cc1)C2=O. The second kappa shape index (κ2) is 8.72. The maximum absolute atomic E-state index is 13.6. The Morgan fingerprint density at radius 1 is 1.22 bits per heavy atom. The Labute approximate surface area is 185 Å². The van der Waals surface area contributed by atoms with Crippen molar-refractivity contribution in [1.82, 2.24) is 15.1 Å². The molecule has 2 aliphatic rings. The van der Waals surface area contributed by atoms with E-state index in [2.05, 4.69) is 10.4 Å². The van der Waals surface area contributed by atoms with Crippen LogP contribution in [0.4, 0.5) is 10.1 Å². The van der Waals surface area contributed by atoms with E-state index in [1.165, 1.54) is 39.9 Å². The Morgan fingerprint density at radius 2 is 1.91 bits per heavy atom. The highest BCUT2D eigenvalue weighted by Crippen LogP contribution is 2.33. The molecule has 0 saturated heterocycles. The molecule has 1 atom stereocenters. The fourth-order valence-electron chi connectivity index (χ4n) is 4.47. The molecule has 0 bridgehead atoms. The summed E-state index contributed by atoms with van der Waals surface area (Å²) in [5.41, 5.74) is -0.758. The predicted molar refractivity (Wildman–Crippen MR) is 115 cm³/mol. The van der Waals surface area contributed by atoms with Gasteiger partial charge in [0.25, 0.3) is 5.91 Å². The molecule has 0 radical (unpaired) electrons. The van der Waals surface area contributed by atoms with Gasteiger partial charge in [0.15, 0.2) is 5.69 Å². The monoisotopic (exact) mass is 442 g/mol. The molecule has 1 aromatic heterocycles. The standard InChI is InChI=1S/C23H27FN4O4/c1-3-32-21(30)18-13-19-20(29)28(17-11-9-15(24)10-12-17)23(2,14-27(19)26-18)22(31)25-16-7-5-4-6-8-16/h9-13,16H,3-8,14H2,1-2H3,(H,25,31). The van der Waals surface area contributed by atoms with Crippen molar-refractivity contribution < 1.29 is 23.5 Å². The number of amides is 2. The Kier molecular flexibility index (Phi) is 5.99. The number of hydrogen-bond acceptors (Lipinski definition) is 5. The quantitative estimate of drug-likeness (QED) is 0.719. The molecule has 1 unspecified atom stereocenters. The largest absolute Gasteiger partial charge is 0.461 e. The highest BCUT2D eigenvalue weighted by molar-refractivity contribution is 6.12. The van der Waals surface area contributed by atoms with Gasteiger partial charge in [-0.05, 0) is 51.0 Å². The smallest absolute Gasteiger partial charge is 0.358 e. The summed E-state index contributed by atoms with van der Waals surface area (Å²) in [6.45, 7) is 3.57. The minimum Gasteiger partial charge on any atom is -0.461 e. The van der Waals surface area contributed by atoms with Gasteiger partial charge >= 0.3 is 5.97 Å².